The van der Waals surface area contributed by atoms with Crippen molar-refractivity contribution in [1.82, 2.24) is 4.72 Å². The summed E-state index contributed by atoms with van der Waals surface area (Å²) in [5.41, 5.74) is -1.77. The minimum absolute atomic E-state index is 0.145. The number of carbonyl (C=O) groups is 1. The molecule has 0 unspecified atom stereocenters. The number of furan rings is 1. The van der Waals surface area contributed by atoms with Gasteiger partial charge in [-0.05, 0) is 36.4 Å². The van der Waals surface area contributed by atoms with Crippen LogP contribution in [0, 0.1) is 11.3 Å². The fourth-order valence-corrected chi connectivity index (χ4v) is 3.76. The number of amides is 1. The minimum atomic E-state index is -5.07. The maximum atomic E-state index is 13.3. The predicted molar refractivity (Wildman–Crippen MR) is 100 cm³/mol. The second kappa shape index (κ2) is 8.53. The van der Waals surface area contributed by atoms with E-state index in [1.165, 1.54) is 12.1 Å². The van der Waals surface area contributed by atoms with Crippen molar-refractivity contribution in [2.45, 2.75) is 17.7 Å². The second-order valence-corrected chi connectivity index (χ2v) is 7.78. The Balaban J connectivity index is 1.85. The van der Waals surface area contributed by atoms with Gasteiger partial charge in [-0.25, -0.2) is 13.1 Å². The molecule has 1 heterocycles. The van der Waals surface area contributed by atoms with Crippen LogP contribution in [-0.4, -0.2) is 14.3 Å². The molecule has 7 nitrogen and oxygen atoms in total. The van der Waals surface area contributed by atoms with Crippen LogP contribution in [-0.2, 0) is 22.8 Å². The van der Waals surface area contributed by atoms with Gasteiger partial charge in [0, 0.05) is 5.56 Å². The van der Waals surface area contributed by atoms with E-state index < -0.39 is 38.3 Å². The Morgan fingerprint density at radius 2 is 1.84 bits per heavy atom. The molecule has 1 amide bonds. The van der Waals surface area contributed by atoms with Gasteiger partial charge in [0.2, 0.25) is 0 Å². The number of hydrogen-bond acceptors (Lipinski definition) is 6. The quantitative estimate of drug-likeness (QED) is 0.611. The highest BCUT2D eigenvalue weighted by atomic mass is 32.2. The number of nitrogens with zero attached hydrogens (tertiary/aromatic N) is 1. The molecule has 160 valence electrons. The van der Waals surface area contributed by atoms with Crippen molar-refractivity contribution in [3.8, 4) is 11.8 Å². The lowest BCUT2D eigenvalue weighted by Crippen LogP contribution is -2.32. The third-order valence-corrected chi connectivity index (χ3v) is 5.41. The van der Waals surface area contributed by atoms with Gasteiger partial charge < -0.3 is 9.15 Å². The van der Waals surface area contributed by atoms with Crippen molar-refractivity contribution in [3.05, 3.63) is 83.3 Å². The topological polar surface area (TPSA) is 109 Å². The maximum Gasteiger partial charge on any atom is 0.417 e. The highest BCUT2D eigenvalue weighted by Crippen LogP contribution is 2.34. The zero-order valence-corrected chi connectivity index (χ0v) is 16.3. The SMILES string of the molecule is N#Cc1ccc(S(=O)(=O)NC(=O)c2occc2COc2ccccc2)c(C(F)(F)F)c1. The number of benzene rings is 2. The Hall–Kier alpha value is -3.78. The first-order chi connectivity index (χ1) is 14.6. The van der Waals surface area contributed by atoms with Crippen LogP contribution >= 0.6 is 0 Å². The molecule has 11 heteroatoms. The Bertz CT molecular complexity index is 1250. The molecule has 0 saturated carbocycles. The molecule has 0 aliphatic carbocycles. The monoisotopic (exact) mass is 450 g/mol. The molecule has 3 rings (SSSR count). The summed E-state index contributed by atoms with van der Waals surface area (Å²) >= 11 is 0. The Labute approximate surface area is 174 Å². The average molecular weight is 450 g/mol. The van der Waals surface area contributed by atoms with Crippen molar-refractivity contribution >= 4 is 15.9 Å². The van der Waals surface area contributed by atoms with Crippen LogP contribution < -0.4 is 9.46 Å². The molecule has 0 saturated heterocycles. The van der Waals surface area contributed by atoms with E-state index in [1.54, 1.807) is 35.1 Å². The van der Waals surface area contributed by atoms with Gasteiger partial charge in [0.15, 0.2) is 5.76 Å². The first kappa shape index (κ1) is 21.9. The van der Waals surface area contributed by atoms with E-state index in [0.717, 1.165) is 12.3 Å². The van der Waals surface area contributed by atoms with Crippen LogP contribution in [0.3, 0.4) is 0 Å². The lowest BCUT2D eigenvalue weighted by atomic mass is 10.1. The summed E-state index contributed by atoms with van der Waals surface area (Å²) in [6.45, 7) is -0.145. The zero-order valence-electron chi connectivity index (χ0n) is 15.5. The lowest BCUT2D eigenvalue weighted by molar-refractivity contribution is -0.139. The molecule has 0 atom stereocenters. The van der Waals surface area contributed by atoms with Gasteiger partial charge >= 0.3 is 12.1 Å². The number of carbonyl (C=O) groups excluding carboxylic acids is 1. The van der Waals surface area contributed by atoms with Crippen molar-refractivity contribution in [3.63, 3.8) is 0 Å². The molecular weight excluding hydrogens is 437 g/mol. The largest absolute Gasteiger partial charge is 0.489 e. The number of hydrogen-bond donors (Lipinski definition) is 1. The van der Waals surface area contributed by atoms with Gasteiger partial charge in [-0.2, -0.15) is 18.4 Å². The number of nitrogens with one attached hydrogen (secondary N) is 1. The van der Waals surface area contributed by atoms with Crippen molar-refractivity contribution in [1.29, 1.82) is 5.26 Å². The van der Waals surface area contributed by atoms with Crippen LogP contribution in [0.15, 0.2) is 70.2 Å². The third kappa shape index (κ3) is 5.04. The predicted octanol–water partition coefficient (Wildman–Crippen LogP) is 3.87. The molecule has 0 aliphatic rings. The van der Waals surface area contributed by atoms with Crippen LogP contribution in [0.25, 0.3) is 0 Å². The van der Waals surface area contributed by atoms with Crippen molar-refractivity contribution in [2.75, 3.05) is 0 Å². The zero-order chi connectivity index (χ0) is 22.6. The maximum absolute atomic E-state index is 13.3. The number of halogens is 3. The van der Waals surface area contributed by atoms with E-state index in [4.69, 9.17) is 14.4 Å². The smallest absolute Gasteiger partial charge is 0.417 e. The number of sulfonamides is 1. The standard InChI is InChI=1S/C20H13F3N2O5S/c21-20(22,23)16-10-13(11-24)6-7-17(16)31(27,28)25-19(26)18-14(8-9-29-18)12-30-15-4-2-1-3-5-15/h1-10H,12H2,(H,25,26). The summed E-state index contributed by atoms with van der Waals surface area (Å²) in [5, 5.41) is 8.79. The number of alkyl halides is 3. The van der Waals surface area contributed by atoms with E-state index in [9.17, 15) is 26.4 Å². The molecule has 0 radical (unpaired) electrons. The van der Waals surface area contributed by atoms with E-state index in [1.807, 2.05) is 0 Å². The summed E-state index contributed by atoms with van der Waals surface area (Å²) in [6.07, 6.45) is -3.95. The summed E-state index contributed by atoms with van der Waals surface area (Å²) in [4.78, 5) is 11.2. The fraction of sp³-hybridized carbons (Fsp3) is 0.100. The average Bonchev–Trinajstić information content (AvgIpc) is 3.20. The first-order valence-electron chi connectivity index (χ1n) is 8.54. The molecule has 2 aromatic carbocycles. The molecule has 0 aliphatic heterocycles. The Morgan fingerprint density at radius 3 is 2.48 bits per heavy atom. The highest BCUT2D eigenvalue weighted by molar-refractivity contribution is 7.90. The number of nitriles is 1. The summed E-state index contributed by atoms with van der Waals surface area (Å²) in [5.74, 6) is -1.22. The lowest BCUT2D eigenvalue weighted by Gasteiger charge is -2.14. The van der Waals surface area contributed by atoms with Crippen LogP contribution in [0.2, 0.25) is 0 Å². The van der Waals surface area contributed by atoms with Crippen molar-refractivity contribution < 1.29 is 35.5 Å². The molecule has 0 bridgehead atoms. The molecule has 3 aromatic rings. The van der Waals surface area contributed by atoms with Gasteiger partial charge in [-0.15, -0.1) is 0 Å². The highest BCUT2D eigenvalue weighted by Gasteiger charge is 2.38. The van der Waals surface area contributed by atoms with E-state index in [0.29, 0.717) is 17.9 Å². The van der Waals surface area contributed by atoms with Gasteiger partial charge in [0.05, 0.1) is 28.4 Å². The van der Waals surface area contributed by atoms with Crippen LogP contribution in [0.1, 0.15) is 27.2 Å². The molecule has 1 N–H and O–H groups in total. The Kier molecular flexibility index (Phi) is 6.03. The summed E-state index contributed by atoms with van der Waals surface area (Å²) in [7, 11) is -4.94. The molecule has 0 spiro atoms. The molecular formula is C20H13F3N2O5S. The van der Waals surface area contributed by atoms with Gasteiger partial charge in [-0.3, -0.25) is 4.79 Å². The van der Waals surface area contributed by atoms with E-state index in [-0.39, 0.29) is 17.7 Å². The number of ether oxygens (including phenoxy) is 1. The summed E-state index contributed by atoms with van der Waals surface area (Å²) < 4.78 is 77.0. The molecule has 31 heavy (non-hydrogen) atoms. The molecule has 1 aromatic heterocycles. The third-order valence-electron chi connectivity index (χ3n) is 4.02. The second-order valence-electron chi connectivity index (χ2n) is 6.13. The minimum Gasteiger partial charge on any atom is -0.489 e. The fourth-order valence-electron chi connectivity index (χ4n) is 2.61. The van der Waals surface area contributed by atoms with E-state index in [2.05, 4.69) is 0 Å². The first-order valence-corrected chi connectivity index (χ1v) is 10.0. The van der Waals surface area contributed by atoms with Crippen LogP contribution in [0.4, 0.5) is 13.2 Å². The van der Waals surface area contributed by atoms with Crippen molar-refractivity contribution in [2.24, 2.45) is 0 Å². The van der Waals surface area contributed by atoms with E-state index >= 15 is 0 Å². The normalized spacial score (nSPS) is 11.5. The van der Waals surface area contributed by atoms with Gasteiger partial charge in [0.25, 0.3) is 10.0 Å². The number of rotatable bonds is 6. The summed E-state index contributed by atoms with van der Waals surface area (Å²) in [6, 6.07) is 13.3. The van der Waals surface area contributed by atoms with Gasteiger partial charge in [0.1, 0.15) is 12.4 Å². The Morgan fingerprint density at radius 1 is 1.13 bits per heavy atom. The number of para-hydroxylation sites is 1. The molecule has 0 fully saturated rings. The van der Waals surface area contributed by atoms with Gasteiger partial charge in [-0.1, -0.05) is 18.2 Å². The van der Waals surface area contributed by atoms with Crippen LogP contribution in [0.5, 0.6) is 5.75 Å².